The van der Waals surface area contributed by atoms with Crippen molar-refractivity contribution in [1.82, 2.24) is 10.2 Å². The molecule has 0 bridgehead atoms. The van der Waals surface area contributed by atoms with Gasteiger partial charge in [0, 0.05) is 5.56 Å². The highest BCUT2D eigenvalue weighted by Gasteiger charge is 2.33. The molecule has 0 aliphatic heterocycles. The number of ketones is 2. The van der Waals surface area contributed by atoms with E-state index in [1.165, 1.54) is 24.4 Å². The van der Waals surface area contributed by atoms with Crippen molar-refractivity contribution < 1.29 is 14.7 Å². The Bertz CT molecular complexity index is 628. The minimum atomic E-state index is -0.378. The zero-order valence-electron chi connectivity index (χ0n) is 8.02. The van der Waals surface area contributed by atoms with Gasteiger partial charge in [-0.3, -0.25) is 14.7 Å². The van der Waals surface area contributed by atoms with E-state index in [4.69, 9.17) is 0 Å². The topological polar surface area (TPSA) is 83.0 Å². The first-order chi connectivity index (χ1) is 7.70. The summed E-state index contributed by atoms with van der Waals surface area (Å²) >= 11 is 0. The maximum absolute atomic E-state index is 12.0. The van der Waals surface area contributed by atoms with Gasteiger partial charge in [-0.15, -0.1) is 0 Å². The van der Waals surface area contributed by atoms with Crippen LogP contribution in [0.3, 0.4) is 0 Å². The highest BCUT2D eigenvalue weighted by molar-refractivity contribution is 6.28. The number of carbonyl (C=O) groups is 2. The number of aromatic nitrogens is 2. The number of nitrogens with zero attached hydrogens (tertiary/aromatic N) is 1. The Morgan fingerprint density at radius 1 is 1.12 bits per heavy atom. The second kappa shape index (κ2) is 2.79. The Labute approximate surface area is 89.7 Å². The predicted octanol–water partition coefficient (Wildman–Crippen LogP) is 0.891. The summed E-state index contributed by atoms with van der Waals surface area (Å²) in [4.78, 5) is 23.9. The molecule has 2 N–H and O–H groups in total. The van der Waals surface area contributed by atoms with Crippen molar-refractivity contribution in [2.24, 2.45) is 0 Å². The predicted molar refractivity (Wildman–Crippen MR) is 53.6 cm³/mol. The molecule has 16 heavy (non-hydrogen) atoms. The first-order valence-electron chi connectivity index (χ1n) is 4.65. The maximum Gasteiger partial charge on any atom is 0.212 e. The Hall–Kier alpha value is -2.43. The van der Waals surface area contributed by atoms with Crippen molar-refractivity contribution in [1.29, 1.82) is 0 Å². The lowest BCUT2D eigenvalue weighted by molar-refractivity contribution is 0.0974. The van der Waals surface area contributed by atoms with Crippen molar-refractivity contribution in [3.8, 4) is 5.75 Å². The van der Waals surface area contributed by atoms with Gasteiger partial charge in [0.2, 0.25) is 11.6 Å². The van der Waals surface area contributed by atoms with E-state index in [0.29, 0.717) is 0 Å². The molecule has 0 amide bonds. The Balaban J connectivity index is 2.38. The van der Waals surface area contributed by atoms with Crippen LogP contribution in [-0.4, -0.2) is 26.9 Å². The molecule has 0 spiro atoms. The number of benzene rings is 1. The zero-order valence-corrected chi connectivity index (χ0v) is 8.02. The van der Waals surface area contributed by atoms with E-state index in [1.54, 1.807) is 0 Å². The lowest BCUT2D eigenvalue weighted by atomic mass is 9.88. The van der Waals surface area contributed by atoms with E-state index < -0.39 is 0 Å². The minimum Gasteiger partial charge on any atom is -0.507 e. The summed E-state index contributed by atoms with van der Waals surface area (Å²) in [5.41, 5.74) is 0.658. The van der Waals surface area contributed by atoms with Gasteiger partial charge in [-0.25, -0.2) is 0 Å². The lowest BCUT2D eigenvalue weighted by Crippen LogP contribution is -2.20. The third-order valence-electron chi connectivity index (χ3n) is 2.63. The average Bonchev–Trinajstić information content (AvgIpc) is 2.75. The van der Waals surface area contributed by atoms with Crippen molar-refractivity contribution in [3.05, 3.63) is 46.8 Å². The molecule has 0 fully saturated rings. The van der Waals surface area contributed by atoms with Crippen molar-refractivity contribution in [3.63, 3.8) is 0 Å². The van der Waals surface area contributed by atoms with Gasteiger partial charge < -0.3 is 5.11 Å². The first kappa shape index (κ1) is 8.84. The number of hydrogen-bond acceptors (Lipinski definition) is 4. The minimum absolute atomic E-state index is 0.0569. The summed E-state index contributed by atoms with van der Waals surface area (Å²) in [5, 5.41) is 15.8. The Morgan fingerprint density at radius 3 is 2.75 bits per heavy atom. The van der Waals surface area contributed by atoms with E-state index in [2.05, 4.69) is 10.2 Å². The molecule has 5 heteroatoms. The van der Waals surface area contributed by atoms with Crippen molar-refractivity contribution in [2.45, 2.75) is 0 Å². The fourth-order valence-electron chi connectivity index (χ4n) is 1.87. The third-order valence-corrected chi connectivity index (χ3v) is 2.63. The van der Waals surface area contributed by atoms with Crippen LogP contribution in [0.15, 0.2) is 24.4 Å². The molecule has 0 saturated carbocycles. The first-order valence-corrected chi connectivity index (χ1v) is 4.65. The number of fused-ring (bicyclic) bond motifs is 2. The number of carbonyl (C=O) groups excluding carboxylic acids is 2. The van der Waals surface area contributed by atoms with E-state index in [-0.39, 0.29) is 39.7 Å². The summed E-state index contributed by atoms with van der Waals surface area (Å²) in [5.74, 6) is -0.878. The molecule has 1 aliphatic rings. The van der Waals surface area contributed by atoms with Crippen LogP contribution in [0.4, 0.5) is 0 Å². The molecule has 1 heterocycles. The molecule has 0 saturated heterocycles. The molecule has 1 aromatic heterocycles. The summed E-state index contributed by atoms with van der Waals surface area (Å²) in [6.07, 6.45) is 1.30. The van der Waals surface area contributed by atoms with Crippen LogP contribution in [0, 0.1) is 0 Å². The average molecular weight is 214 g/mol. The summed E-state index contributed by atoms with van der Waals surface area (Å²) in [7, 11) is 0. The second-order valence-corrected chi connectivity index (χ2v) is 3.52. The highest BCUT2D eigenvalue weighted by Crippen LogP contribution is 2.31. The quantitative estimate of drug-likeness (QED) is 0.582. The molecule has 0 radical (unpaired) electrons. The SMILES string of the molecule is O=C1c2cccc(O)c2C(=O)c2cn[nH]c21. The third kappa shape index (κ3) is 0.916. The normalized spacial score (nSPS) is 13.5. The molecule has 5 nitrogen and oxygen atoms in total. The molecular formula is C11H6N2O3. The number of aromatic amines is 1. The van der Waals surface area contributed by atoms with Crippen LogP contribution < -0.4 is 0 Å². The fraction of sp³-hybridized carbons (Fsp3) is 0. The number of phenolic OH excluding ortho intramolecular Hbond substituents is 1. The standard InChI is InChI=1S/C11H6N2O3/c14-7-3-1-2-5-8(7)10(15)6-4-12-13-9(6)11(5)16/h1-4,14H,(H,12,13). The Morgan fingerprint density at radius 2 is 1.94 bits per heavy atom. The fourth-order valence-corrected chi connectivity index (χ4v) is 1.87. The van der Waals surface area contributed by atoms with Gasteiger partial charge in [-0.05, 0) is 12.1 Å². The van der Waals surface area contributed by atoms with E-state index in [1.807, 2.05) is 0 Å². The number of rotatable bonds is 0. The van der Waals surface area contributed by atoms with Crippen LogP contribution in [0.25, 0.3) is 0 Å². The van der Waals surface area contributed by atoms with Gasteiger partial charge in [0.25, 0.3) is 0 Å². The smallest absolute Gasteiger partial charge is 0.212 e. The monoisotopic (exact) mass is 214 g/mol. The molecule has 3 rings (SSSR count). The van der Waals surface area contributed by atoms with Crippen LogP contribution >= 0.6 is 0 Å². The van der Waals surface area contributed by atoms with Crippen molar-refractivity contribution >= 4 is 11.6 Å². The Kier molecular flexibility index (Phi) is 1.54. The number of phenols is 1. The number of hydrogen-bond donors (Lipinski definition) is 2. The van der Waals surface area contributed by atoms with Crippen LogP contribution in [0.1, 0.15) is 32.0 Å². The second-order valence-electron chi connectivity index (χ2n) is 3.52. The highest BCUT2D eigenvalue weighted by atomic mass is 16.3. The van der Waals surface area contributed by atoms with E-state index in [9.17, 15) is 14.7 Å². The van der Waals surface area contributed by atoms with Crippen LogP contribution in [0.2, 0.25) is 0 Å². The van der Waals surface area contributed by atoms with E-state index >= 15 is 0 Å². The summed E-state index contributed by atoms with van der Waals surface area (Å²) < 4.78 is 0. The number of nitrogens with one attached hydrogen (secondary N) is 1. The zero-order chi connectivity index (χ0) is 11.3. The largest absolute Gasteiger partial charge is 0.507 e. The van der Waals surface area contributed by atoms with Crippen molar-refractivity contribution in [2.75, 3.05) is 0 Å². The van der Waals surface area contributed by atoms with Gasteiger partial charge in [-0.2, -0.15) is 5.10 Å². The molecule has 1 aliphatic carbocycles. The van der Waals surface area contributed by atoms with Gasteiger partial charge in [-0.1, -0.05) is 6.07 Å². The number of H-pyrrole nitrogens is 1. The van der Waals surface area contributed by atoms with Gasteiger partial charge >= 0.3 is 0 Å². The maximum atomic E-state index is 12.0. The summed E-state index contributed by atoms with van der Waals surface area (Å²) in [6, 6.07) is 4.43. The number of aromatic hydroxyl groups is 1. The van der Waals surface area contributed by atoms with Crippen LogP contribution in [0.5, 0.6) is 5.75 Å². The van der Waals surface area contributed by atoms with Gasteiger partial charge in [0.05, 0.1) is 17.3 Å². The van der Waals surface area contributed by atoms with Gasteiger partial charge in [0.1, 0.15) is 11.4 Å². The van der Waals surface area contributed by atoms with E-state index in [0.717, 1.165) is 0 Å². The molecule has 0 unspecified atom stereocenters. The molecule has 1 aromatic carbocycles. The molecule has 78 valence electrons. The molecule has 2 aromatic rings. The lowest BCUT2D eigenvalue weighted by Gasteiger charge is -2.13. The summed E-state index contributed by atoms with van der Waals surface area (Å²) in [6.45, 7) is 0. The molecule has 0 atom stereocenters. The molecular weight excluding hydrogens is 208 g/mol. The van der Waals surface area contributed by atoms with Gasteiger partial charge in [0.15, 0.2) is 0 Å². The van der Waals surface area contributed by atoms with Crippen LogP contribution in [-0.2, 0) is 0 Å².